The van der Waals surface area contributed by atoms with E-state index in [9.17, 15) is 0 Å². The summed E-state index contributed by atoms with van der Waals surface area (Å²) in [5.74, 6) is 8.17. The van der Waals surface area contributed by atoms with Gasteiger partial charge in [0.2, 0.25) is 39.3 Å². The molecule has 0 amide bonds. The van der Waals surface area contributed by atoms with E-state index in [-0.39, 0.29) is 20.1 Å². The SMILES string of the molecule is [C-]#[N+]Cc1ccc(OC)c(OC)c1.[C-]#[N+]Cc1ccc(OC)c(OC)c1.[C-]#[N+]Cc1ccc(OC)c(OC)c1.[C-]#[N+]Cc1ccc(OC)c(OC)c1.[C-]#[N+]Cc1ccc(OC)c(OC)c1.[C-]#[N+]Cc1ccc(OC)c(OC)c1.[Tc+6]. The van der Waals surface area contributed by atoms with E-state index in [0.29, 0.717) is 108 Å². The van der Waals surface area contributed by atoms with E-state index < -0.39 is 0 Å². The van der Waals surface area contributed by atoms with Gasteiger partial charge in [0.25, 0.3) is 0 Å². The standard InChI is InChI=1S/6C10H11NO2.Tc/c6*1-11-7-8-4-5-9(12-2)10(6-8)13-3;/h6*4-6H,7H2,2-3H3;/q;;;;;;+6. The second-order valence-corrected chi connectivity index (χ2v) is 15.0. The van der Waals surface area contributed by atoms with Crippen LogP contribution in [-0.2, 0) is 59.4 Å². The predicted molar refractivity (Wildman–Crippen MR) is 299 cm³/mol. The smallest absolute Gasteiger partial charge is 0.493 e. The van der Waals surface area contributed by atoms with Gasteiger partial charge in [-0.05, 0) is 109 Å². The molecule has 0 aliphatic heterocycles. The molecule has 0 heterocycles. The van der Waals surface area contributed by atoms with Crippen molar-refractivity contribution in [3.63, 3.8) is 0 Å². The van der Waals surface area contributed by atoms with E-state index in [1.54, 1.807) is 122 Å². The fourth-order valence-electron chi connectivity index (χ4n) is 6.42. The van der Waals surface area contributed by atoms with E-state index in [0.717, 1.165) is 33.4 Å². The quantitative estimate of drug-likeness (QED) is 0.0758. The van der Waals surface area contributed by atoms with Crippen molar-refractivity contribution in [2.75, 3.05) is 85.3 Å². The Morgan fingerprint density at radius 1 is 0.215 bits per heavy atom. The largest absolute Gasteiger partial charge is 6.00 e. The van der Waals surface area contributed by atoms with Crippen LogP contribution in [0.2, 0.25) is 0 Å². The average molecular weight is 1160 g/mol. The van der Waals surface area contributed by atoms with Crippen LogP contribution in [0, 0.1) is 39.4 Å². The maximum Gasteiger partial charge on any atom is 6.00 e. The Hall–Kier alpha value is -9.49. The summed E-state index contributed by atoms with van der Waals surface area (Å²) in [6, 6.07) is 32.9. The zero-order valence-corrected chi connectivity index (χ0v) is 48.5. The van der Waals surface area contributed by atoms with Crippen LogP contribution in [0.4, 0.5) is 0 Å². The Bertz CT molecular complexity index is 2500. The topological polar surface area (TPSA) is 137 Å². The molecule has 0 unspecified atom stereocenters. The van der Waals surface area contributed by atoms with Crippen molar-refractivity contribution in [1.29, 1.82) is 0 Å². The molecule has 6 aromatic rings. The van der Waals surface area contributed by atoms with Crippen LogP contribution >= 0.6 is 0 Å². The van der Waals surface area contributed by atoms with Crippen LogP contribution in [0.3, 0.4) is 0 Å². The number of ether oxygens (including phenoxy) is 12. The van der Waals surface area contributed by atoms with Gasteiger partial charge < -0.3 is 85.9 Å². The van der Waals surface area contributed by atoms with Gasteiger partial charge in [-0.2, -0.15) is 0 Å². The van der Waals surface area contributed by atoms with Gasteiger partial charge in [-0.1, -0.05) is 0 Å². The fourth-order valence-corrected chi connectivity index (χ4v) is 6.42. The molecule has 6 aromatic carbocycles. The van der Waals surface area contributed by atoms with Crippen LogP contribution in [0.5, 0.6) is 69.0 Å². The minimum Gasteiger partial charge on any atom is -0.493 e. The Morgan fingerprint density at radius 2 is 0.329 bits per heavy atom. The minimum atomic E-state index is 0. The molecular weight excluding hydrogens is 1090 g/mol. The summed E-state index contributed by atoms with van der Waals surface area (Å²) >= 11 is 0. The van der Waals surface area contributed by atoms with Gasteiger partial charge in [-0.3, -0.25) is 0 Å². The molecule has 79 heavy (non-hydrogen) atoms. The van der Waals surface area contributed by atoms with E-state index >= 15 is 0 Å². The van der Waals surface area contributed by atoms with Gasteiger partial charge in [0.15, 0.2) is 69.0 Å². The molecule has 0 bridgehead atoms. The zero-order valence-electron chi connectivity index (χ0n) is 46.6. The van der Waals surface area contributed by atoms with Crippen molar-refractivity contribution in [3.8, 4) is 69.0 Å². The van der Waals surface area contributed by atoms with Crippen molar-refractivity contribution < 1.29 is 76.9 Å². The molecule has 409 valence electrons. The zero-order chi connectivity index (χ0) is 58.1. The van der Waals surface area contributed by atoms with E-state index in [1.165, 1.54) is 0 Å². The van der Waals surface area contributed by atoms with Crippen LogP contribution in [-0.4, -0.2) is 85.3 Å². The first-order valence-electron chi connectivity index (χ1n) is 23.1. The van der Waals surface area contributed by atoms with Crippen LogP contribution in [0.25, 0.3) is 29.1 Å². The maximum absolute atomic E-state index is 6.72. The van der Waals surface area contributed by atoms with Crippen molar-refractivity contribution in [1.82, 2.24) is 0 Å². The van der Waals surface area contributed by atoms with Crippen LogP contribution in [0.1, 0.15) is 33.4 Å². The number of nitrogens with zero attached hydrogens (tertiary/aromatic N) is 6. The van der Waals surface area contributed by atoms with Gasteiger partial charge in [0.1, 0.15) is 0 Å². The van der Waals surface area contributed by atoms with Gasteiger partial charge in [-0.15, -0.1) is 0 Å². The summed E-state index contributed by atoms with van der Waals surface area (Å²) < 4.78 is 61.0. The second-order valence-electron chi connectivity index (χ2n) is 15.0. The molecule has 0 spiro atoms. The number of methoxy groups -OCH3 is 12. The normalized spacial score (nSPS) is 8.89. The molecule has 0 fully saturated rings. The third-order valence-corrected chi connectivity index (χ3v) is 10.3. The molecule has 0 N–H and O–H groups in total. The molecule has 19 heteroatoms. The Kier molecular flexibility index (Phi) is 36.7. The number of benzene rings is 6. The summed E-state index contributed by atoms with van der Waals surface area (Å²) in [5.41, 5.74) is 5.63. The van der Waals surface area contributed by atoms with Crippen LogP contribution in [0.15, 0.2) is 109 Å². The van der Waals surface area contributed by atoms with Gasteiger partial charge >= 0.3 is 20.1 Å². The molecule has 18 nitrogen and oxygen atoms in total. The average Bonchev–Trinajstić information content (AvgIpc) is 3.48. The number of hydrogen-bond donors (Lipinski definition) is 0. The first kappa shape index (κ1) is 69.5. The maximum atomic E-state index is 6.72. The molecule has 6 rings (SSSR count). The van der Waals surface area contributed by atoms with Crippen molar-refractivity contribution in [2.24, 2.45) is 0 Å². The van der Waals surface area contributed by atoms with E-state index in [1.807, 2.05) is 72.8 Å². The molecule has 0 saturated carbocycles. The number of hydrogen-bond acceptors (Lipinski definition) is 12. The summed E-state index contributed by atoms with van der Waals surface area (Å²) in [5, 5.41) is 0. The molecule has 0 atom stereocenters. The van der Waals surface area contributed by atoms with Gasteiger partial charge in [0, 0.05) is 33.4 Å². The Labute approximate surface area is 479 Å². The van der Waals surface area contributed by atoms with E-state index in [2.05, 4.69) is 29.1 Å². The second kappa shape index (κ2) is 41.7. The third kappa shape index (κ3) is 24.8. The summed E-state index contributed by atoms with van der Waals surface area (Å²) in [7, 11) is 19.0. The first-order chi connectivity index (χ1) is 37.9. The number of rotatable bonds is 18. The van der Waals surface area contributed by atoms with Crippen molar-refractivity contribution >= 4 is 0 Å². The van der Waals surface area contributed by atoms with Crippen molar-refractivity contribution in [2.45, 2.75) is 39.3 Å². The molecule has 1 radical (unpaired) electrons. The Morgan fingerprint density at radius 3 is 0.418 bits per heavy atom. The Balaban J connectivity index is 0.000000922. The molecular formula is C60H66N6O12Tc+6. The molecule has 0 aromatic heterocycles. The monoisotopic (exact) mass is 1160 g/mol. The predicted octanol–water partition coefficient (Wildman–Crippen LogP) is 12.7. The van der Waals surface area contributed by atoms with Gasteiger partial charge in [-0.25, -0.2) is 39.4 Å². The summed E-state index contributed by atoms with van der Waals surface area (Å²) in [4.78, 5) is 19.7. The molecule has 0 saturated heterocycles. The fraction of sp³-hybridized carbons (Fsp3) is 0.300. The summed E-state index contributed by atoms with van der Waals surface area (Å²) in [6.07, 6.45) is 0. The molecule has 0 aliphatic rings. The van der Waals surface area contributed by atoms with E-state index in [4.69, 9.17) is 96.3 Å². The van der Waals surface area contributed by atoms with Crippen molar-refractivity contribution in [3.05, 3.63) is 211 Å². The third-order valence-electron chi connectivity index (χ3n) is 10.3. The van der Waals surface area contributed by atoms with Gasteiger partial charge in [0.05, 0.1) is 85.3 Å². The minimum absolute atomic E-state index is 0. The summed E-state index contributed by atoms with van der Waals surface area (Å²) in [6.45, 7) is 42.6. The first-order valence-corrected chi connectivity index (χ1v) is 23.1. The molecule has 0 aliphatic carbocycles. The van der Waals surface area contributed by atoms with Crippen LogP contribution < -0.4 is 56.8 Å².